The number of carbonyl (C=O) groups excluding carboxylic acids is 2. The lowest BCUT2D eigenvalue weighted by Crippen LogP contribution is -2.47. The second-order valence-electron chi connectivity index (χ2n) is 6.18. The quantitative estimate of drug-likeness (QED) is 0.849. The number of carbonyl (C=O) groups is 2. The predicted molar refractivity (Wildman–Crippen MR) is 79.5 cm³/mol. The average molecular weight is 273 g/mol. The van der Waals surface area contributed by atoms with Crippen molar-refractivity contribution in [2.24, 2.45) is 0 Å². The monoisotopic (exact) mass is 273 g/mol. The van der Waals surface area contributed by atoms with Crippen molar-refractivity contribution in [3.05, 3.63) is 35.9 Å². The van der Waals surface area contributed by atoms with E-state index in [4.69, 9.17) is 0 Å². The van der Waals surface area contributed by atoms with Gasteiger partial charge in [-0.05, 0) is 32.3 Å². The number of ketones is 1. The summed E-state index contributed by atoms with van der Waals surface area (Å²) < 4.78 is 0. The van der Waals surface area contributed by atoms with Crippen molar-refractivity contribution in [3.8, 4) is 0 Å². The molecule has 2 rings (SSSR count). The Hall–Kier alpha value is -1.64. The third kappa shape index (κ3) is 2.92. The molecule has 1 saturated carbocycles. The molecule has 1 aromatic carbocycles. The third-order valence-corrected chi connectivity index (χ3v) is 4.41. The lowest BCUT2D eigenvalue weighted by Gasteiger charge is -2.36. The number of likely N-dealkylation sites (N-methyl/N-ethyl adjacent to an activating group) is 1. The third-order valence-electron chi connectivity index (χ3n) is 4.41. The first-order valence-electron chi connectivity index (χ1n) is 7.27. The number of amides is 1. The number of nitrogens with zero attached hydrogens (tertiary/aromatic N) is 1. The van der Waals surface area contributed by atoms with Gasteiger partial charge in [0.25, 0.3) is 0 Å². The van der Waals surface area contributed by atoms with Crippen molar-refractivity contribution in [1.82, 2.24) is 4.90 Å². The molecule has 3 nitrogen and oxygen atoms in total. The number of hydrogen-bond donors (Lipinski definition) is 0. The molecule has 20 heavy (non-hydrogen) atoms. The molecule has 0 unspecified atom stereocenters. The molecule has 0 heterocycles. The van der Waals surface area contributed by atoms with Gasteiger partial charge in [0.05, 0.1) is 5.41 Å². The van der Waals surface area contributed by atoms with Gasteiger partial charge in [-0.25, -0.2) is 0 Å². The van der Waals surface area contributed by atoms with E-state index in [1.54, 1.807) is 0 Å². The first-order chi connectivity index (χ1) is 9.43. The first-order valence-corrected chi connectivity index (χ1v) is 7.27. The van der Waals surface area contributed by atoms with Crippen LogP contribution in [0.4, 0.5) is 0 Å². The number of Topliss-reactive ketones (excluding diaryl/α,β-unsaturated/α-hetero) is 1. The van der Waals surface area contributed by atoms with E-state index in [0.29, 0.717) is 18.6 Å². The molecule has 1 aliphatic carbocycles. The van der Waals surface area contributed by atoms with Crippen LogP contribution >= 0.6 is 0 Å². The van der Waals surface area contributed by atoms with E-state index in [-0.39, 0.29) is 11.9 Å². The van der Waals surface area contributed by atoms with Crippen molar-refractivity contribution in [3.63, 3.8) is 0 Å². The van der Waals surface area contributed by atoms with Gasteiger partial charge >= 0.3 is 0 Å². The second-order valence-corrected chi connectivity index (χ2v) is 6.18. The summed E-state index contributed by atoms with van der Waals surface area (Å²) in [4.78, 5) is 25.9. The van der Waals surface area contributed by atoms with Gasteiger partial charge in [-0.2, -0.15) is 0 Å². The fraction of sp³-hybridized carbons (Fsp3) is 0.529. The summed E-state index contributed by atoms with van der Waals surface area (Å²) in [5.74, 6) is 0.451. The zero-order valence-electron chi connectivity index (χ0n) is 12.6. The molecule has 1 aliphatic rings. The molecule has 0 atom stereocenters. The lowest BCUT2D eigenvalue weighted by molar-refractivity contribution is -0.139. The molecule has 3 heteroatoms. The van der Waals surface area contributed by atoms with E-state index >= 15 is 0 Å². The molecular weight excluding hydrogens is 250 g/mol. The van der Waals surface area contributed by atoms with Crippen LogP contribution in [0.2, 0.25) is 0 Å². The van der Waals surface area contributed by atoms with Gasteiger partial charge in [0.1, 0.15) is 5.78 Å². The number of rotatable bonds is 3. The van der Waals surface area contributed by atoms with Gasteiger partial charge in [0, 0.05) is 25.9 Å². The Morgan fingerprint density at radius 1 is 1.15 bits per heavy atom. The summed E-state index contributed by atoms with van der Waals surface area (Å²) in [6.07, 6.45) is 2.81. The van der Waals surface area contributed by atoms with Gasteiger partial charge in [0.15, 0.2) is 0 Å². The Morgan fingerprint density at radius 2 is 1.70 bits per heavy atom. The van der Waals surface area contributed by atoms with Crippen LogP contribution in [0.1, 0.15) is 45.1 Å². The normalized spacial score (nSPS) is 17.1. The topological polar surface area (TPSA) is 37.4 Å². The SMILES string of the molecule is CN(C(=O)C(C)(C)c1ccccc1)C1CCC(=O)CC1. The fourth-order valence-electron chi connectivity index (χ4n) is 2.90. The van der Waals surface area contributed by atoms with E-state index in [9.17, 15) is 9.59 Å². The predicted octanol–water partition coefficient (Wildman–Crippen LogP) is 2.93. The van der Waals surface area contributed by atoms with E-state index < -0.39 is 5.41 Å². The van der Waals surface area contributed by atoms with Crippen LogP contribution in [0.15, 0.2) is 30.3 Å². The standard InChI is InChI=1S/C17H23NO2/c1-17(2,13-7-5-4-6-8-13)16(20)18(3)14-9-11-15(19)12-10-14/h4-8,14H,9-12H2,1-3H3. The highest BCUT2D eigenvalue weighted by atomic mass is 16.2. The maximum Gasteiger partial charge on any atom is 0.232 e. The lowest BCUT2D eigenvalue weighted by atomic mass is 9.82. The number of hydrogen-bond acceptors (Lipinski definition) is 2. The Labute approximate surface area is 121 Å². The maximum atomic E-state index is 12.8. The van der Waals surface area contributed by atoms with Crippen molar-refractivity contribution >= 4 is 11.7 Å². The summed E-state index contributed by atoms with van der Waals surface area (Å²) in [5, 5.41) is 0. The van der Waals surface area contributed by atoms with Crippen LogP contribution in [0.3, 0.4) is 0 Å². The van der Waals surface area contributed by atoms with E-state index in [1.165, 1.54) is 0 Å². The highest BCUT2D eigenvalue weighted by molar-refractivity contribution is 5.87. The van der Waals surface area contributed by atoms with Crippen LogP contribution in [0, 0.1) is 0 Å². The smallest absolute Gasteiger partial charge is 0.232 e. The molecule has 1 aromatic rings. The minimum Gasteiger partial charge on any atom is -0.342 e. The van der Waals surface area contributed by atoms with E-state index in [2.05, 4.69) is 0 Å². The van der Waals surface area contributed by atoms with Gasteiger partial charge in [-0.3, -0.25) is 9.59 Å². The molecule has 1 amide bonds. The molecule has 0 N–H and O–H groups in total. The summed E-state index contributed by atoms with van der Waals surface area (Å²) >= 11 is 0. The molecule has 0 saturated heterocycles. The van der Waals surface area contributed by atoms with Crippen molar-refractivity contribution in [1.29, 1.82) is 0 Å². The first kappa shape index (κ1) is 14.8. The molecule has 1 fully saturated rings. The van der Waals surface area contributed by atoms with Crippen LogP contribution in [-0.2, 0) is 15.0 Å². The van der Waals surface area contributed by atoms with Crippen molar-refractivity contribution in [2.75, 3.05) is 7.05 Å². The molecular formula is C17H23NO2. The highest BCUT2D eigenvalue weighted by Gasteiger charge is 2.35. The zero-order valence-corrected chi connectivity index (χ0v) is 12.6. The fourth-order valence-corrected chi connectivity index (χ4v) is 2.90. The van der Waals surface area contributed by atoms with Crippen molar-refractivity contribution in [2.45, 2.75) is 51.0 Å². The van der Waals surface area contributed by atoms with Gasteiger partial charge in [-0.15, -0.1) is 0 Å². The minimum atomic E-state index is -0.530. The Kier molecular flexibility index (Phi) is 4.26. The Balaban J connectivity index is 2.12. The molecule has 0 spiro atoms. The Bertz CT molecular complexity index is 483. The van der Waals surface area contributed by atoms with Crippen LogP contribution < -0.4 is 0 Å². The van der Waals surface area contributed by atoms with Crippen LogP contribution in [0.25, 0.3) is 0 Å². The zero-order chi connectivity index (χ0) is 14.8. The average Bonchev–Trinajstić information content (AvgIpc) is 2.47. The summed E-state index contributed by atoms with van der Waals surface area (Å²) in [5.41, 5.74) is 0.501. The molecule has 0 aromatic heterocycles. The van der Waals surface area contributed by atoms with E-state index in [0.717, 1.165) is 18.4 Å². The Morgan fingerprint density at radius 3 is 2.25 bits per heavy atom. The summed E-state index contributed by atoms with van der Waals surface area (Å²) in [6, 6.07) is 10.1. The van der Waals surface area contributed by atoms with E-state index in [1.807, 2.05) is 56.1 Å². The van der Waals surface area contributed by atoms with Crippen molar-refractivity contribution < 1.29 is 9.59 Å². The van der Waals surface area contributed by atoms with Gasteiger partial charge in [-0.1, -0.05) is 30.3 Å². The summed E-state index contributed by atoms with van der Waals surface area (Å²) in [7, 11) is 1.87. The molecule has 0 bridgehead atoms. The minimum absolute atomic E-state index is 0.128. The molecule has 0 aliphatic heterocycles. The second kappa shape index (κ2) is 5.78. The molecule has 0 radical (unpaired) electrons. The highest BCUT2D eigenvalue weighted by Crippen LogP contribution is 2.28. The van der Waals surface area contributed by atoms with Crippen LogP contribution in [-0.4, -0.2) is 29.7 Å². The molecule has 108 valence electrons. The van der Waals surface area contributed by atoms with Gasteiger partial charge in [0.2, 0.25) is 5.91 Å². The summed E-state index contributed by atoms with van der Waals surface area (Å²) in [6.45, 7) is 3.93. The largest absolute Gasteiger partial charge is 0.342 e. The maximum absolute atomic E-state index is 12.8. The van der Waals surface area contributed by atoms with Crippen LogP contribution in [0.5, 0.6) is 0 Å². The number of benzene rings is 1. The van der Waals surface area contributed by atoms with Gasteiger partial charge < -0.3 is 4.90 Å².